The van der Waals surface area contributed by atoms with Crippen LogP contribution in [-0.4, -0.2) is 26.9 Å². The second kappa shape index (κ2) is 12.3. The van der Waals surface area contributed by atoms with Crippen molar-refractivity contribution in [3.8, 4) is 0 Å². The average molecular weight is 385 g/mol. The van der Waals surface area contributed by atoms with Crippen LogP contribution in [0, 0.1) is 5.92 Å². The maximum absolute atomic E-state index is 12.3. The number of carbonyl (C=O) groups is 2. The molecular weight excluding hydrogens is 344 g/mol. The van der Waals surface area contributed by atoms with Crippen molar-refractivity contribution in [3.05, 3.63) is 12.2 Å². The van der Waals surface area contributed by atoms with E-state index in [0.717, 1.165) is 25.7 Å². The monoisotopic (exact) mass is 384 g/mol. The van der Waals surface area contributed by atoms with Gasteiger partial charge in [0.05, 0.1) is 6.61 Å². The Balaban J connectivity index is 4.76. The van der Waals surface area contributed by atoms with Crippen molar-refractivity contribution >= 4 is 20.3 Å². The van der Waals surface area contributed by atoms with E-state index < -0.39 is 20.3 Å². The van der Waals surface area contributed by atoms with E-state index in [-0.39, 0.29) is 0 Å². The summed E-state index contributed by atoms with van der Waals surface area (Å²) >= 11 is 0. The van der Waals surface area contributed by atoms with Crippen LogP contribution in [0.3, 0.4) is 0 Å². The van der Waals surface area contributed by atoms with Crippen LogP contribution in [0.25, 0.3) is 0 Å². The Kier molecular flexibility index (Phi) is 11.8. The summed E-state index contributed by atoms with van der Waals surface area (Å²) in [7, 11) is -2.27. The Labute approximate surface area is 161 Å². The van der Waals surface area contributed by atoms with Crippen molar-refractivity contribution in [2.75, 3.05) is 6.61 Å². The van der Waals surface area contributed by atoms with Crippen LogP contribution in [0.1, 0.15) is 81.1 Å². The van der Waals surface area contributed by atoms with Gasteiger partial charge in [0.15, 0.2) is 0 Å². The van der Waals surface area contributed by atoms with Crippen molar-refractivity contribution in [1.29, 1.82) is 0 Å². The molecule has 0 aliphatic rings. The summed E-state index contributed by atoms with van der Waals surface area (Å²) in [5, 5.41) is 0. The first-order valence-electron chi connectivity index (χ1n) is 10.2. The van der Waals surface area contributed by atoms with Gasteiger partial charge in [-0.1, -0.05) is 74.7 Å². The molecule has 4 nitrogen and oxygen atoms in total. The molecule has 0 rings (SSSR count). The summed E-state index contributed by atoms with van der Waals surface area (Å²) in [4.78, 5) is 24.2. The number of esters is 1. The molecule has 0 amide bonds. The second-order valence-corrected chi connectivity index (χ2v) is 13.5. The summed E-state index contributed by atoms with van der Waals surface area (Å²) < 4.78 is 11.3. The fourth-order valence-corrected chi connectivity index (χ4v) is 8.97. The largest absolute Gasteiger partial charge is 0.515 e. The molecule has 0 aliphatic heterocycles. The van der Waals surface area contributed by atoms with Crippen molar-refractivity contribution < 1.29 is 18.8 Å². The topological polar surface area (TPSA) is 52.6 Å². The fraction of sp³-hybridized carbons (Fsp3) is 0.810. The zero-order valence-corrected chi connectivity index (χ0v) is 19.1. The lowest BCUT2D eigenvalue weighted by Crippen LogP contribution is -2.49. The molecular formula is C21H40O4Si. The number of hydrogen-bond donors (Lipinski definition) is 0. The zero-order valence-electron chi connectivity index (χ0n) is 18.1. The Morgan fingerprint density at radius 2 is 1.38 bits per heavy atom. The Bertz CT molecular complexity index is 433. The van der Waals surface area contributed by atoms with Gasteiger partial charge in [-0.15, -0.1) is 0 Å². The van der Waals surface area contributed by atoms with Gasteiger partial charge in [0.25, 0.3) is 8.32 Å². The van der Waals surface area contributed by atoms with Gasteiger partial charge in [0.2, 0.25) is 0 Å². The first-order valence-corrected chi connectivity index (χ1v) is 12.3. The predicted molar refractivity (Wildman–Crippen MR) is 111 cm³/mol. The van der Waals surface area contributed by atoms with Gasteiger partial charge >= 0.3 is 11.9 Å². The van der Waals surface area contributed by atoms with E-state index in [4.69, 9.17) is 9.16 Å². The molecule has 0 aromatic carbocycles. The van der Waals surface area contributed by atoms with E-state index in [1.807, 2.05) is 0 Å². The molecule has 1 atom stereocenters. The molecule has 1 unspecified atom stereocenters. The van der Waals surface area contributed by atoms with E-state index in [2.05, 4.69) is 55.4 Å². The second-order valence-electron chi connectivity index (χ2n) is 8.12. The highest BCUT2D eigenvalue weighted by Gasteiger charge is 2.47. The van der Waals surface area contributed by atoms with E-state index >= 15 is 0 Å². The minimum atomic E-state index is -2.27. The summed E-state index contributed by atoms with van der Waals surface area (Å²) in [6, 6.07) is 0. The van der Waals surface area contributed by atoms with Crippen molar-refractivity contribution in [2.45, 2.75) is 97.7 Å². The van der Waals surface area contributed by atoms with Crippen LogP contribution >= 0.6 is 0 Å². The minimum Gasteiger partial charge on any atom is -0.515 e. The zero-order chi connectivity index (χ0) is 20.3. The summed E-state index contributed by atoms with van der Waals surface area (Å²) in [6.07, 6.45) is 6.77. The van der Waals surface area contributed by atoms with Gasteiger partial charge in [-0.25, -0.2) is 9.59 Å². The molecule has 0 N–H and O–H groups in total. The lowest BCUT2D eigenvalue weighted by atomic mass is 10.0. The Morgan fingerprint density at radius 1 is 0.885 bits per heavy atom. The van der Waals surface area contributed by atoms with Crippen LogP contribution in [0.5, 0.6) is 0 Å². The van der Waals surface area contributed by atoms with Crippen LogP contribution < -0.4 is 0 Å². The van der Waals surface area contributed by atoms with Gasteiger partial charge in [-0.05, 0) is 29.0 Å². The lowest BCUT2D eigenvalue weighted by molar-refractivity contribution is -0.140. The first-order chi connectivity index (χ1) is 12.1. The number of unbranched alkanes of at least 4 members (excludes halogenated alkanes) is 1. The van der Waals surface area contributed by atoms with E-state index in [0.29, 0.717) is 29.1 Å². The van der Waals surface area contributed by atoms with Crippen LogP contribution in [0.15, 0.2) is 12.2 Å². The molecule has 0 radical (unpaired) electrons. The number of ether oxygens (including phenoxy) is 1. The molecule has 152 valence electrons. The molecule has 0 spiro atoms. The summed E-state index contributed by atoms with van der Waals surface area (Å²) in [5.41, 5.74) is 0.946. The Morgan fingerprint density at radius 3 is 1.81 bits per heavy atom. The van der Waals surface area contributed by atoms with E-state index in [9.17, 15) is 9.59 Å². The Hall–Kier alpha value is -1.10. The minimum absolute atomic E-state index is 0.315. The number of hydrogen-bond acceptors (Lipinski definition) is 4. The highest BCUT2D eigenvalue weighted by atomic mass is 28.4. The summed E-state index contributed by atoms with van der Waals surface area (Å²) in [6.45, 7) is 17.4. The predicted octanol–water partition coefficient (Wildman–Crippen LogP) is 6.02. The molecule has 5 heteroatoms. The van der Waals surface area contributed by atoms with Gasteiger partial charge in [0.1, 0.15) is 0 Å². The molecule has 0 saturated carbocycles. The number of rotatable bonds is 12. The molecule has 0 heterocycles. The molecule has 26 heavy (non-hydrogen) atoms. The SMILES string of the molecule is CCCCC(CC)COC(=O)/C=C/C(=O)O[Si](C(C)C)(C(C)C)C(C)C. The van der Waals surface area contributed by atoms with Crippen molar-refractivity contribution in [2.24, 2.45) is 5.92 Å². The van der Waals surface area contributed by atoms with Crippen LogP contribution in [0.2, 0.25) is 16.6 Å². The molecule has 0 aromatic heterocycles. The van der Waals surface area contributed by atoms with Crippen LogP contribution in [0.4, 0.5) is 0 Å². The van der Waals surface area contributed by atoms with Crippen molar-refractivity contribution in [1.82, 2.24) is 0 Å². The quantitative estimate of drug-likeness (QED) is 0.234. The highest BCUT2D eigenvalue weighted by molar-refractivity contribution is 6.79. The third-order valence-electron chi connectivity index (χ3n) is 5.34. The van der Waals surface area contributed by atoms with Crippen LogP contribution in [-0.2, 0) is 18.8 Å². The third kappa shape index (κ3) is 7.64. The molecule has 0 fully saturated rings. The van der Waals surface area contributed by atoms with Gasteiger partial charge in [0, 0.05) is 12.2 Å². The van der Waals surface area contributed by atoms with Crippen molar-refractivity contribution in [3.63, 3.8) is 0 Å². The standard InChI is InChI=1S/C21H40O4Si/c1-9-11-12-19(10-2)15-24-20(22)13-14-21(23)25-26(16(3)4,17(5)6)18(7)8/h13-14,16-19H,9-12,15H2,1-8H3/b14-13+. The van der Waals surface area contributed by atoms with E-state index in [1.54, 1.807) is 0 Å². The summed E-state index contributed by atoms with van der Waals surface area (Å²) in [5.74, 6) is -0.507. The first kappa shape index (κ1) is 24.9. The normalized spacial score (nSPS) is 13.7. The lowest BCUT2D eigenvalue weighted by Gasteiger charge is -2.40. The van der Waals surface area contributed by atoms with Gasteiger partial charge in [-0.3, -0.25) is 0 Å². The van der Waals surface area contributed by atoms with Gasteiger partial charge < -0.3 is 9.16 Å². The molecule has 0 aromatic rings. The molecule has 0 aliphatic carbocycles. The third-order valence-corrected chi connectivity index (χ3v) is 11.3. The number of carbonyl (C=O) groups excluding carboxylic acids is 2. The van der Waals surface area contributed by atoms with E-state index in [1.165, 1.54) is 12.2 Å². The fourth-order valence-electron chi connectivity index (χ4n) is 3.84. The maximum Gasteiger partial charge on any atom is 0.331 e. The average Bonchev–Trinajstić information content (AvgIpc) is 2.56. The highest BCUT2D eigenvalue weighted by Crippen LogP contribution is 2.42. The van der Waals surface area contributed by atoms with Gasteiger partial charge in [-0.2, -0.15) is 0 Å². The maximum atomic E-state index is 12.3. The molecule has 0 bridgehead atoms. The molecule has 0 saturated heterocycles. The smallest absolute Gasteiger partial charge is 0.331 e.